The molecule has 0 spiro atoms. The molecule has 1 aliphatic rings. The molecule has 0 aromatic carbocycles. The van der Waals surface area contributed by atoms with E-state index in [2.05, 4.69) is 86.8 Å². The molecule has 0 saturated carbocycles. The monoisotopic (exact) mass is 775 g/mol. The first-order chi connectivity index (χ1) is 26.8. The molecule has 1 heterocycles. The minimum Gasteiger partial charge on any atom is -0.462 e. The third kappa shape index (κ3) is 27.4. The van der Waals surface area contributed by atoms with E-state index in [1.54, 1.807) is 0 Å². The lowest BCUT2D eigenvalue weighted by Gasteiger charge is -2.39. The van der Waals surface area contributed by atoms with Gasteiger partial charge >= 0.3 is 11.9 Å². The Hall–Kier alpha value is -2.86. The van der Waals surface area contributed by atoms with Crippen LogP contribution >= 0.6 is 0 Å². The molecule has 1 aliphatic heterocycles. The molecule has 10 heteroatoms. The van der Waals surface area contributed by atoms with E-state index >= 15 is 0 Å². The van der Waals surface area contributed by atoms with Crippen LogP contribution in [-0.2, 0) is 28.5 Å². The summed E-state index contributed by atoms with van der Waals surface area (Å²) in [5, 5.41) is 40.0. The van der Waals surface area contributed by atoms with Crippen LogP contribution in [0.1, 0.15) is 142 Å². The summed E-state index contributed by atoms with van der Waals surface area (Å²) >= 11 is 0. The number of allylic oxidation sites excluding steroid dienone is 12. The van der Waals surface area contributed by atoms with Gasteiger partial charge in [0.2, 0.25) is 0 Å². The second kappa shape index (κ2) is 35.5. The second-order valence-corrected chi connectivity index (χ2v) is 14.0. The van der Waals surface area contributed by atoms with Gasteiger partial charge in [-0.2, -0.15) is 0 Å². The lowest BCUT2D eigenvalue weighted by molar-refractivity contribution is -0.305. The van der Waals surface area contributed by atoms with Crippen molar-refractivity contribution in [1.82, 2.24) is 0 Å². The van der Waals surface area contributed by atoms with Crippen LogP contribution in [0.2, 0.25) is 0 Å². The number of carbonyl (C=O) groups is 2. The van der Waals surface area contributed by atoms with E-state index in [1.165, 1.54) is 0 Å². The van der Waals surface area contributed by atoms with Gasteiger partial charge in [-0.05, 0) is 77.0 Å². The Kier molecular flexibility index (Phi) is 32.4. The number of hydrogen-bond donors (Lipinski definition) is 4. The van der Waals surface area contributed by atoms with E-state index in [4.69, 9.17) is 18.9 Å². The van der Waals surface area contributed by atoms with Crippen molar-refractivity contribution in [3.8, 4) is 0 Å². The van der Waals surface area contributed by atoms with E-state index < -0.39 is 55.4 Å². The zero-order valence-electron chi connectivity index (χ0n) is 33.9. The topological polar surface area (TPSA) is 152 Å². The number of unbranched alkanes of at least 4 members (excludes halogenated alkanes) is 10. The van der Waals surface area contributed by atoms with Crippen molar-refractivity contribution < 1.29 is 49.0 Å². The molecule has 4 N–H and O–H groups in total. The van der Waals surface area contributed by atoms with Crippen LogP contribution in [0.4, 0.5) is 0 Å². The van der Waals surface area contributed by atoms with Gasteiger partial charge in [0.1, 0.15) is 31.0 Å². The minimum absolute atomic E-state index is 0.202. The summed E-state index contributed by atoms with van der Waals surface area (Å²) < 4.78 is 22.1. The maximum absolute atomic E-state index is 12.7. The quantitative estimate of drug-likeness (QED) is 0.0291. The first kappa shape index (κ1) is 50.2. The van der Waals surface area contributed by atoms with Crippen LogP contribution in [0, 0.1) is 0 Å². The molecule has 55 heavy (non-hydrogen) atoms. The first-order valence-electron chi connectivity index (χ1n) is 21.0. The van der Waals surface area contributed by atoms with Crippen molar-refractivity contribution in [3.63, 3.8) is 0 Å². The largest absolute Gasteiger partial charge is 0.462 e. The second-order valence-electron chi connectivity index (χ2n) is 14.0. The molecular weight excluding hydrogens is 700 g/mol. The van der Waals surface area contributed by atoms with E-state index in [9.17, 15) is 30.0 Å². The molecule has 1 rings (SSSR count). The number of rotatable bonds is 33. The summed E-state index contributed by atoms with van der Waals surface area (Å²) in [6.45, 7) is 3.14. The predicted molar refractivity (Wildman–Crippen MR) is 219 cm³/mol. The SMILES string of the molecule is CCC=CCC=CCC=CCCCCCCCC(=O)OC[C@H](CO[C@@H]1O[C@H](CO)[C@@H](O)[C@H](O)[C@H]1O)OC(=O)CCCCCCCC=CCC=CCC=CCC. The molecule has 1 fully saturated rings. The van der Waals surface area contributed by atoms with Gasteiger partial charge in [-0.3, -0.25) is 9.59 Å². The smallest absolute Gasteiger partial charge is 0.306 e. The zero-order chi connectivity index (χ0) is 40.2. The van der Waals surface area contributed by atoms with Gasteiger partial charge in [0.05, 0.1) is 13.2 Å². The van der Waals surface area contributed by atoms with Crippen molar-refractivity contribution >= 4 is 11.9 Å². The summed E-state index contributed by atoms with van der Waals surface area (Å²) in [4.78, 5) is 25.3. The Morgan fingerprint density at radius 1 is 0.564 bits per heavy atom. The summed E-state index contributed by atoms with van der Waals surface area (Å²) in [5.41, 5.74) is 0. The molecule has 0 radical (unpaired) electrons. The molecule has 0 aliphatic carbocycles. The molecule has 0 bridgehead atoms. The van der Waals surface area contributed by atoms with Gasteiger partial charge in [0, 0.05) is 12.8 Å². The van der Waals surface area contributed by atoms with Gasteiger partial charge < -0.3 is 39.4 Å². The molecule has 0 aromatic heterocycles. The highest BCUT2D eigenvalue weighted by atomic mass is 16.7. The van der Waals surface area contributed by atoms with Crippen molar-refractivity contribution in [3.05, 3.63) is 72.9 Å². The lowest BCUT2D eigenvalue weighted by atomic mass is 9.99. The molecule has 0 unspecified atom stereocenters. The fourth-order valence-corrected chi connectivity index (χ4v) is 5.80. The molecule has 0 amide bonds. The number of ether oxygens (including phenoxy) is 4. The highest BCUT2D eigenvalue weighted by molar-refractivity contribution is 5.70. The number of aliphatic hydroxyl groups is 4. The van der Waals surface area contributed by atoms with Crippen LogP contribution in [0.3, 0.4) is 0 Å². The average molecular weight is 775 g/mol. The van der Waals surface area contributed by atoms with Gasteiger partial charge in [-0.15, -0.1) is 0 Å². The zero-order valence-corrected chi connectivity index (χ0v) is 33.9. The minimum atomic E-state index is -1.60. The Balaban J connectivity index is 2.39. The number of carbonyl (C=O) groups excluding carboxylic acids is 2. The summed E-state index contributed by atoms with van der Waals surface area (Å²) in [5.74, 6) is -0.855. The van der Waals surface area contributed by atoms with Crippen molar-refractivity contribution in [1.29, 1.82) is 0 Å². The highest BCUT2D eigenvalue weighted by Crippen LogP contribution is 2.22. The van der Waals surface area contributed by atoms with E-state index in [1.807, 2.05) is 0 Å². The maximum atomic E-state index is 12.7. The number of esters is 2. The number of hydrogen-bond acceptors (Lipinski definition) is 10. The third-order valence-corrected chi connectivity index (χ3v) is 9.09. The van der Waals surface area contributed by atoms with Crippen molar-refractivity contribution in [2.75, 3.05) is 19.8 Å². The molecule has 0 aromatic rings. The third-order valence-electron chi connectivity index (χ3n) is 9.09. The van der Waals surface area contributed by atoms with Crippen molar-refractivity contribution in [2.24, 2.45) is 0 Å². The Labute approximate surface area is 332 Å². The van der Waals surface area contributed by atoms with Gasteiger partial charge in [-0.25, -0.2) is 0 Å². The summed E-state index contributed by atoms with van der Waals surface area (Å²) in [6, 6.07) is 0. The highest BCUT2D eigenvalue weighted by Gasteiger charge is 2.44. The standard InChI is InChI=1S/C45H74O10/c1-3-5-7-9-11-13-15-17-19-21-23-25-27-29-31-33-40(47)52-36-38(37-53-45-44(51)43(50)42(49)39(35-46)55-45)54-41(48)34-32-30-28-26-24-22-20-18-16-14-12-10-8-6-4-2/h5-8,11-14,17-20,38-39,42-46,49-51H,3-4,9-10,15-16,21-37H2,1-2H3/t38-,39-,42-,43+,44-,45-/m1/s1. The molecule has 1 saturated heterocycles. The fourth-order valence-electron chi connectivity index (χ4n) is 5.80. The van der Waals surface area contributed by atoms with Crippen LogP contribution in [0.5, 0.6) is 0 Å². The molecule has 10 nitrogen and oxygen atoms in total. The summed E-state index contributed by atoms with van der Waals surface area (Å²) in [7, 11) is 0. The Morgan fingerprint density at radius 3 is 1.53 bits per heavy atom. The van der Waals surface area contributed by atoms with Gasteiger partial charge in [0.15, 0.2) is 12.4 Å². The Morgan fingerprint density at radius 2 is 1.02 bits per heavy atom. The van der Waals surface area contributed by atoms with E-state index in [0.717, 1.165) is 103 Å². The van der Waals surface area contributed by atoms with Gasteiger partial charge in [0.25, 0.3) is 0 Å². The normalized spacial score (nSPS) is 21.3. The molecule has 6 atom stereocenters. The van der Waals surface area contributed by atoms with E-state index in [-0.39, 0.29) is 26.1 Å². The predicted octanol–water partition coefficient (Wildman–Crippen LogP) is 8.44. The van der Waals surface area contributed by atoms with Gasteiger partial charge in [-0.1, -0.05) is 125 Å². The lowest BCUT2D eigenvalue weighted by Crippen LogP contribution is -2.59. The van der Waals surface area contributed by atoms with Crippen molar-refractivity contribution in [2.45, 2.75) is 179 Å². The van der Waals surface area contributed by atoms with Crippen LogP contribution in [0.25, 0.3) is 0 Å². The number of aliphatic hydroxyl groups excluding tert-OH is 4. The molecular formula is C45H74O10. The van der Waals surface area contributed by atoms with Crippen LogP contribution < -0.4 is 0 Å². The molecule has 314 valence electrons. The average Bonchev–Trinajstić information content (AvgIpc) is 3.18. The van der Waals surface area contributed by atoms with Crippen LogP contribution in [-0.4, -0.2) is 89.0 Å². The first-order valence-corrected chi connectivity index (χ1v) is 21.0. The van der Waals surface area contributed by atoms with Crippen LogP contribution in [0.15, 0.2) is 72.9 Å². The fraction of sp³-hybridized carbons (Fsp3) is 0.689. The Bertz CT molecular complexity index is 1120. The maximum Gasteiger partial charge on any atom is 0.306 e. The summed E-state index contributed by atoms with van der Waals surface area (Å²) in [6.07, 6.45) is 36.2. The van der Waals surface area contributed by atoms with E-state index in [0.29, 0.717) is 12.8 Å².